The second kappa shape index (κ2) is 9.47. The average molecular weight is 469 g/mol. The number of hydrogen-bond donors (Lipinski definition) is 0. The Hall–Kier alpha value is -3.37. The minimum Gasteiger partial charge on any atom is -0.534 e. The first-order chi connectivity index (χ1) is 16.2. The standard InChI is InChI=1S/C30H32O3Si/c1-22(2)16-17-24-20-23-18-19-29(31)32-27(23)21-28(24)33-34(30(3,4)5,25-12-8-6-9-13-25)26-14-10-7-11-15-26/h6-16,18-21H,17H2,1-5H3. The molecule has 0 radical (unpaired) electrons. The molecule has 0 spiro atoms. The molecule has 0 amide bonds. The molecule has 3 nitrogen and oxygen atoms in total. The van der Waals surface area contributed by atoms with Gasteiger partial charge in [0.1, 0.15) is 11.3 Å². The van der Waals surface area contributed by atoms with Crippen molar-refractivity contribution in [2.45, 2.75) is 46.1 Å². The van der Waals surface area contributed by atoms with Gasteiger partial charge in [-0.3, -0.25) is 0 Å². The van der Waals surface area contributed by atoms with Gasteiger partial charge in [0, 0.05) is 17.5 Å². The van der Waals surface area contributed by atoms with E-state index in [1.54, 1.807) is 0 Å². The van der Waals surface area contributed by atoms with Crippen molar-refractivity contribution >= 4 is 29.7 Å². The molecule has 0 saturated carbocycles. The van der Waals surface area contributed by atoms with Gasteiger partial charge in [0.05, 0.1) is 0 Å². The summed E-state index contributed by atoms with van der Waals surface area (Å²) < 4.78 is 12.9. The van der Waals surface area contributed by atoms with E-state index in [4.69, 9.17) is 8.84 Å². The topological polar surface area (TPSA) is 39.4 Å². The Balaban J connectivity index is 2.01. The SMILES string of the molecule is CC(C)=CCc1cc2ccc(=O)oc2cc1O[Si](c1ccccc1)(c1ccccc1)C(C)(C)C. The quantitative estimate of drug-likeness (QED) is 0.191. The minimum absolute atomic E-state index is 0.171. The zero-order valence-electron chi connectivity index (χ0n) is 20.6. The largest absolute Gasteiger partial charge is 0.534 e. The highest BCUT2D eigenvalue weighted by Gasteiger charge is 2.52. The lowest BCUT2D eigenvalue weighted by molar-refractivity contribution is 0.501. The third-order valence-corrected chi connectivity index (χ3v) is 11.1. The third-order valence-electron chi connectivity index (χ3n) is 6.21. The molecule has 0 aliphatic heterocycles. The normalized spacial score (nSPS) is 11.9. The Bertz CT molecular complexity index is 1320. The predicted octanol–water partition coefficient (Wildman–Crippen LogP) is 6.24. The van der Waals surface area contributed by atoms with Crippen LogP contribution >= 0.6 is 0 Å². The molecular formula is C30H32O3Si. The summed E-state index contributed by atoms with van der Waals surface area (Å²) in [6.45, 7) is 11.0. The second-order valence-corrected chi connectivity index (χ2v) is 14.2. The monoisotopic (exact) mass is 468 g/mol. The van der Waals surface area contributed by atoms with Crippen molar-refractivity contribution in [2.24, 2.45) is 0 Å². The van der Waals surface area contributed by atoms with E-state index in [9.17, 15) is 4.79 Å². The maximum absolute atomic E-state index is 12.0. The fraction of sp³-hybridized carbons (Fsp3) is 0.233. The van der Waals surface area contributed by atoms with Gasteiger partial charge in [0.15, 0.2) is 0 Å². The van der Waals surface area contributed by atoms with Crippen molar-refractivity contribution in [3.05, 3.63) is 113 Å². The van der Waals surface area contributed by atoms with Gasteiger partial charge in [-0.25, -0.2) is 4.79 Å². The highest BCUT2D eigenvalue weighted by atomic mass is 28.4. The van der Waals surface area contributed by atoms with E-state index in [1.807, 2.05) is 24.3 Å². The van der Waals surface area contributed by atoms with Crippen molar-refractivity contribution < 1.29 is 8.84 Å². The molecule has 174 valence electrons. The molecule has 34 heavy (non-hydrogen) atoms. The minimum atomic E-state index is -2.82. The molecule has 0 atom stereocenters. The maximum atomic E-state index is 12.0. The van der Waals surface area contributed by atoms with Crippen molar-refractivity contribution in [3.63, 3.8) is 0 Å². The second-order valence-electron chi connectivity index (χ2n) is 10.0. The van der Waals surface area contributed by atoms with Gasteiger partial charge >= 0.3 is 13.9 Å². The van der Waals surface area contributed by atoms with Crippen LogP contribution in [-0.4, -0.2) is 8.32 Å². The lowest BCUT2D eigenvalue weighted by atomic mass is 10.1. The van der Waals surface area contributed by atoms with E-state index in [0.717, 1.165) is 23.1 Å². The molecule has 0 aliphatic carbocycles. The molecule has 3 aromatic carbocycles. The summed E-state index contributed by atoms with van der Waals surface area (Å²) in [6, 6.07) is 28.4. The summed E-state index contributed by atoms with van der Waals surface area (Å²) in [5.41, 5.74) is 2.51. The summed E-state index contributed by atoms with van der Waals surface area (Å²) in [6.07, 6.45) is 2.95. The average Bonchev–Trinajstić information content (AvgIpc) is 2.81. The van der Waals surface area contributed by atoms with E-state index in [0.29, 0.717) is 5.58 Å². The molecule has 0 aliphatic rings. The first kappa shape index (κ1) is 23.8. The van der Waals surface area contributed by atoms with Crippen LogP contribution in [0, 0.1) is 0 Å². The summed E-state index contributed by atoms with van der Waals surface area (Å²) in [7, 11) is -2.82. The summed E-state index contributed by atoms with van der Waals surface area (Å²) in [5.74, 6) is 0.772. The fourth-order valence-electron chi connectivity index (χ4n) is 4.53. The molecule has 0 saturated heterocycles. The summed E-state index contributed by atoms with van der Waals surface area (Å²) in [4.78, 5) is 12.0. The summed E-state index contributed by atoms with van der Waals surface area (Å²) >= 11 is 0. The van der Waals surface area contributed by atoms with Gasteiger partial charge < -0.3 is 8.84 Å². The highest BCUT2D eigenvalue weighted by Crippen LogP contribution is 2.39. The molecule has 0 bridgehead atoms. The predicted molar refractivity (Wildman–Crippen MR) is 144 cm³/mol. The molecule has 0 unspecified atom stereocenters. The smallest absolute Gasteiger partial charge is 0.336 e. The van der Waals surface area contributed by atoms with Crippen molar-refractivity contribution in [2.75, 3.05) is 0 Å². The van der Waals surface area contributed by atoms with E-state index in [-0.39, 0.29) is 10.7 Å². The van der Waals surface area contributed by atoms with Crippen molar-refractivity contribution in [3.8, 4) is 5.75 Å². The van der Waals surface area contributed by atoms with Crippen LogP contribution in [0.3, 0.4) is 0 Å². The molecule has 4 aromatic rings. The number of rotatable bonds is 6. The van der Waals surface area contributed by atoms with Gasteiger partial charge in [-0.1, -0.05) is 93.1 Å². The molecular weight excluding hydrogens is 436 g/mol. The van der Waals surface area contributed by atoms with Crippen LogP contribution in [0.5, 0.6) is 5.75 Å². The molecule has 0 fully saturated rings. The van der Waals surface area contributed by atoms with E-state index in [2.05, 4.69) is 95.3 Å². The number of allylic oxidation sites excluding steroid dienone is 2. The van der Waals surface area contributed by atoms with Crippen LogP contribution in [0.2, 0.25) is 5.04 Å². The van der Waals surface area contributed by atoms with Crippen LogP contribution in [0.4, 0.5) is 0 Å². The molecule has 4 rings (SSSR count). The lowest BCUT2D eigenvalue weighted by Crippen LogP contribution is -2.68. The zero-order chi connectivity index (χ0) is 24.3. The third kappa shape index (κ3) is 4.64. The van der Waals surface area contributed by atoms with Gasteiger partial charge in [-0.2, -0.15) is 0 Å². The van der Waals surface area contributed by atoms with Crippen molar-refractivity contribution in [1.82, 2.24) is 0 Å². The van der Waals surface area contributed by atoms with Crippen LogP contribution in [0.25, 0.3) is 11.0 Å². The Labute approximate surface area is 202 Å². The van der Waals surface area contributed by atoms with Crippen molar-refractivity contribution in [1.29, 1.82) is 0 Å². The van der Waals surface area contributed by atoms with Crippen LogP contribution < -0.4 is 20.4 Å². The molecule has 1 heterocycles. The van der Waals surface area contributed by atoms with E-state index < -0.39 is 8.32 Å². The first-order valence-electron chi connectivity index (χ1n) is 11.7. The number of hydrogen-bond acceptors (Lipinski definition) is 3. The Kier molecular flexibility index (Phi) is 6.62. The van der Waals surface area contributed by atoms with E-state index in [1.165, 1.54) is 22.0 Å². The van der Waals surface area contributed by atoms with Crippen LogP contribution in [-0.2, 0) is 6.42 Å². The maximum Gasteiger partial charge on any atom is 0.336 e. The zero-order valence-corrected chi connectivity index (χ0v) is 21.6. The van der Waals surface area contributed by atoms with Gasteiger partial charge in [-0.15, -0.1) is 0 Å². The highest BCUT2D eigenvalue weighted by molar-refractivity contribution is 7.00. The Morgan fingerprint density at radius 3 is 2.00 bits per heavy atom. The van der Waals surface area contributed by atoms with Crippen LogP contribution in [0.1, 0.15) is 40.2 Å². The Morgan fingerprint density at radius 2 is 1.47 bits per heavy atom. The molecule has 0 N–H and O–H groups in total. The van der Waals surface area contributed by atoms with Gasteiger partial charge in [-0.05, 0) is 53.4 Å². The lowest BCUT2D eigenvalue weighted by Gasteiger charge is -2.43. The number of fused-ring (bicyclic) bond motifs is 1. The first-order valence-corrected chi connectivity index (χ1v) is 13.6. The van der Waals surface area contributed by atoms with Gasteiger partial charge in [0.2, 0.25) is 0 Å². The Morgan fingerprint density at radius 1 is 0.882 bits per heavy atom. The molecule has 1 aromatic heterocycles. The summed E-state index contributed by atoms with van der Waals surface area (Å²) in [5, 5.41) is 3.13. The van der Waals surface area contributed by atoms with Gasteiger partial charge in [0.25, 0.3) is 0 Å². The van der Waals surface area contributed by atoms with E-state index >= 15 is 0 Å². The number of benzene rings is 3. The fourth-order valence-corrected chi connectivity index (χ4v) is 8.98. The molecule has 4 heteroatoms. The van der Waals surface area contributed by atoms with Crippen LogP contribution in [0.15, 0.2) is 106 Å².